The summed E-state index contributed by atoms with van der Waals surface area (Å²) in [5, 5.41) is 3.60. The fraction of sp³-hybridized carbons (Fsp3) is 0.684. The van der Waals surface area contributed by atoms with Crippen molar-refractivity contribution in [1.82, 2.24) is 5.32 Å². The van der Waals surface area contributed by atoms with E-state index in [1.807, 2.05) is 0 Å². The molecule has 1 N–H and O–H groups in total. The second kappa shape index (κ2) is 9.83. The SMILES string of the molecule is CCCCN(CCCCCCNC1CC1)c1ccccc1. The topological polar surface area (TPSA) is 15.3 Å². The molecule has 1 fully saturated rings. The first-order chi connectivity index (χ1) is 10.4. The first-order valence-corrected chi connectivity index (χ1v) is 8.93. The normalized spacial score (nSPS) is 14.3. The molecule has 0 heterocycles. The van der Waals surface area contributed by atoms with E-state index < -0.39 is 0 Å². The fourth-order valence-electron chi connectivity index (χ4n) is 2.73. The Morgan fingerprint density at radius 3 is 2.38 bits per heavy atom. The molecule has 1 aliphatic carbocycles. The predicted octanol–water partition coefficient (Wildman–Crippen LogP) is 4.61. The summed E-state index contributed by atoms with van der Waals surface area (Å²) >= 11 is 0. The van der Waals surface area contributed by atoms with Crippen molar-refractivity contribution in [1.29, 1.82) is 0 Å². The molecule has 1 aromatic carbocycles. The van der Waals surface area contributed by atoms with Crippen LogP contribution in [0, 0.1) is 0 Å². The van der Waals surface area contributed by atoms with Crippen LogP contribution in [0.2, 0.25) is 0 Å². The lowest BCUT2D eigenvalue weighted by atomic mass is 10.1. The molecule has 1 aromatic rings. The van der Waals surface area contributed by atoms with Crippen molar-refractivity contribution in [2.45, 2.75) is 64.3 Å². The molecule has 0 spiro atoms. The number of hydrogen-bond donors (Lipinski definition) is 1. The van der Waals surface area contributed by atoms with Gasteiger partial charge in [-0.3, -0.25) is 0 Å². The molecule has 0 amide bonds. The van der Waals surface area contributed by atoms with E-state index in [4.69, 9.17) is 0 Å². The molecule has 2 rings (SSSR count). The summed E-state index contributed by atoms with van der Waals surface area (Å²) in [4.78, 5) is 2.56. The largest absolute Gasteiger partial charge is 0.372 e. The minimum absolute atomic E-state index is 0.868. The second-order valence-corrected chi connectivity index (χ2v) is 6.32. The fourth-order valence-corrected chi connectivity index (χ4v) is 2.73. The third kappa shape index (κ3) is 6.99. The maximum absolute atomic E-state index is 3.60. The number of nitrogens with one attached hydrogen (secondary N) is 1. The van der Waals surface area contributed by atoms with Crippen molar-refractivity contribution in [3.63, 3.8) is 0 Å². The van der Waals surface area contributed by atoms with Gasteiger partial charge < -0.3 is 10.2 Å². The maximum atomic E-state index is 3.60. The molecule has 0 aromatic heterocycles. The van der Waals surface area contributed by atoms with Crippen LogP contribution in [-0.2, 0) is 0 Å². The summed E-state index contributed by atoms with van der Waals surface area (Å²) in [6.07, 6.45) is 10.8. The maximum Gasteiger partial charge on any atom is 0.0366 e. The summed E-state index contributed by atoms with van der Waals surface area (Å²) in [6, 6.07) is 11.8. The number of benzene rings is 1. The number of rotatable bonds is 12. The zero-order valence-electron chi connectivity index (χ0n) is 13.7. The molecule has 1 aliphatic rings. The summed E-state index contributed by atoms with van der Waals surface area (Å²) in [7, 11) is 0. The van der Waals surface area contributed by atoms with E-state index in [-0.39, 0.29) is 0 Å². The van der Waals surface area contributed by atoms with Gasteiger partial charge in [-0.05, 0) is 50.8 Å². The Hall–Kier alpha value is -1.02. The van der Waals surface area contributed by atoms with E-state index in [1.54, 1.807) is 0 Å². The van der Waals surface area contributed by atoms with Crippen LogP contribution in [0.3, 0.4) is 0 Å². The van der Waals surface area contributed by atoms with E-state index in [0.29, 0.717) is 0 Å². The quantitative estimate of drug-likeness (QED) is 0.565. The van der Waals surface area contributed by atoms with E-state index in [1.165, 1.54) is 76.7 Å². The third-order valence-electron chi connectivity index (χ3n) is 4.27. The van der Waals surface area contributed by atoms with Crippen molar-refractivity contribution in [2.24, 2.45) is 0 Å². The molecule has 0 radical (unpaired) electrons. The van der Waals surface area contributed by atoms with Crippen LogP contribution in [0.1, 0.15) is 58.3 Å². The van der Waals surface area contributed by atoms with Gasteiger partial charge in [0.1, 0.15) is 0 Å². The van der Waals surface area contributed by atoms with Crippen LogP contribution in [-0.4, -0.2) is 25.7 Å². The van der Waals surface area contributed by atoms with Crippen LogP contribution in [0.25, 0.3) is 0 Å². The van der Waals surface area contributed by atoms with Crippen LogP contribution >= 0.6 is 0 Å². The van der Waals surface area contributed by atoms with Gasteiger partial charge in [-0.25, -0.2) is 0 Å². The minimum Gasteiger partial charge on any atom is -0.372 e. The van der Waals surface area contributed by atoms with Gasteiger partial charge >= 0.3 is 0 Å². The Kier molecular flexibility index (Phi) is 7.66. The minimum atomic E-state index is 0.868. The van der Waals surface area contributed by atoms with E-state index in [9.17, 15) is 0 Å². The number of unbranched alkanes of at least 4 members (excludes halogenated alkanes) is 4. The van der Waals surface area contributed by atoms with Gasteiger partial charge in [0, 0.05) is 24.8 Å². The number of nitrogens with zero attached hydrogens (tertiary/aromatic N) is 1. The molecular weight excluding hydrogens is 256 g/mol. The van der Waals surface area contributed by atoms with Gasteiger partial charge in [0.25, 0.3) is 0 Å². The Balaban J connectivity index is 1.59. The predicted molar refractivity (Wildman–Crippen MR) is 93.1 cm³/mol. The summed E-state index contributed by atoms with van der Waals surface area (Å²) in [6.45, 7) is 5.91. The Labute approximate surface area is 130 Å². The third-order valence-corrected chi connectivity index (χ3v) is 4.27. The van der Waals surface area contributed by atoms with Gasteiger partial charge in [0.05, 0.1) is 0 Å². The van der Waals surface area contributed by atoms with Crippen molar-refractivity contribution in [3.8, 4) is 0 Å². The standard InChI is InChI=1S/C19H32N2/c1-2-3-16-21(19-11-7-6-8-12-19)17-10-5-4-9-15-20-18-13-14-18/h6-8,11-12,18,20H,2-5,9-10,13-17H2,1H3. The number of para-hydroxylation sites is 1. The van der Waals surface area contributed by atoms with Gasteiger partial charge in [0.15, 0.2) is 0 Å². The van der Waals surface area contributed by atoms with Crippen LogP contribution in [0.4, 0.5) is 5.69 Å². The smallest absolute Gasteiger partial charge is 0.0366 e. The highest BCUT2D eigenvalue weighted by Gasteiger charge is 2.19. The van der Waals surface area contributed by atoms with Crippen LogP contribution in [0.5, 0.6) is 0 Å². The van der Waals surface area contributed by atoms with Crippen molar-refractivity contribution < 1.29 is 0 Å². The first-order valence-electron chi connectivity index (χ1n) is 8.93. The van der Waals surface area contributed by atoms with Crippen LogP contribution in [0.15, 0.2) is 30.3 Å². The molecular formula is C19H32N2. The number of anilines is 1. The molecule has 0 aliphatic heterocycles. The second-order valence-electron chi connectivity index (χ2n) is 6.32. The summed E-state index contributed by atoms with van der Waals surface area (Å²) in [5.41, 5.74) is 1.39. The number of hydrogen-bond acceptors (Lipinski definition) is 2. The zero-order chi connectivity index (χ0) is 14.8. The molecule has 2 nitrogen and oxygen atoms in total. The van der Waals surface area contributed by atoms with E-state index in [0.717, 1.165) is 6.04 Å². The van der Waals surface area contributed by atoms with Gasteiger partial charge in [-0.2, -0.15) is 0 Å². The average molecular weight is 288 g/mol. The van der Waals surface area contributed by atoms with E-state index in [2.05, 4.69) is 47.5 Å². The molecule has 0 atom stereocenters. The highest BCUT2D eigenvalue weighted by atomic mass is 15.1. The molecule has 2 heteroatoms. The highest BCUT2D eigenvalue weighted by Crippen LogP contribution is 2.18. The van der Waals surface area contributed by atoms with E-state index >= 15 is 0 Å². The van der Waals surface area contributed by atoms with Crippen molar-refractivity contribution in [2.75, 3.05) is 24.5 Å². The molecule has 0 saturated heterocycles. The monoisotopic (exact) mass is 288 g/mol. The summed E-state index contributed by atoms with van der Waals surface area (Å²) < 4.78 is 0. The first kappa shape index (κ1) is 16.4. The Morgan fingerprint density at radius 2 is 1.67 bits per heavy atom. The summed E-state index contributed by atoms with van der Waals surface area (Å²) in [5.74, 6) is 0. The lowest BCUT2D eigenvalue weighted by Gasteiger charge is -2.24. The molecule has 1 saturated carbocycles. The molecule has 118 valence electrons. The Morgan fingerprint density at radius 1 is 0.952 bits per heavy atom. The average Bonchev–Trinajstić information content (AvgIpc) is 3.34. The van der Waals surface area contributed by atoms with Gasteiger partial charge in [-0.15, -0.1) is 0 Å². The van der Waals surface area contributed by atoms with Crippen LogP contribution < -0.4 is 10.2 Å². The Bertz CT molecular complexity index is 359. The highest BCUT2D eigenvalue weighted by molar-refractivity contribution is 5.45. The molecule has 21 heavy (non-hydrogen) atoms. The molecule has 0 unspecified atom stereocenters. The van der Waals surface area contributed by atoms with Gasteiger partial charge in [0.2, 0.25) is 0 Å². The van der Waals surface area contributed by atoms with Gasteiger partial charge in [-0.1, -0.05) is 44.4 Å². The van der Waals surface area contributed by atoms with Crippen molar-refractivity contribution >= 4 is 5.69 Å². The lowest BCUT2D eigenvalue weighted by Crippen LogP contribution is -2.25. The molecule has 0 bridgehead atoms. The zero-order valence-corrected chi connectivity index (χ0v) is 13.7. The van der Waals surface area contributed by atoms with Crippen molar-refractivity contribution in [3.05, 3.63) is 30.3 Å². The lowest BCUT2D eigenvalue weighted by molar-refractivity contribution is 0.577.